The molecule has 118 valence electrons. The lowest BCUT2D eigenvalue weighted by atomic mass is 10.0. The van der Waals surface area contributed by atoms with Gasteiger partial charge in [-0.05, 0) is 29.8 Å². The smallest absolute Gasteiger partial charge is 0.201 e. The van der Waals surface area contributed by atoms with Crippen molar-refractivity contribution < 1.29 is 29.2 Å². The standard InChI is InChI=1S/C16H18O6/c1-19-11-6-5-10(16(22-4)15(11)18)9-7-12(20-2)14(17)13(8-9)21-3/h5-8,17-18H,1-4H3. The van der Waals surface area contributed by atoms with E-state index in [1.165, 1.54) is 28.4 Å². The van der Waals surface area contributed by atoms with Crippen LogP contribution in [0.1, 0.15) is 0 Å². The summed E-state index contributed by atoms with van der Waals surface area (Å²) in [5.41, 5.74) is 1.26. The van der Waals surface area contributed by atoms with Crippen LogP contribution in [0.25, 0.3) is 11.1 Å². The zero-order valence-electron chi connectivity index (χ0n) is 12.8. The van der Waals surface area contributed by atoms with E-state index in [9.17, 15) is 10.2 Å². The first-order chi connectivity index (χ1) is 10.6. The number of benzene rings is 2. The number of phenolic OH excluding ortho intramolecular Hbond substituents is 2. The van der Waals surface area contributed by atoms with Crippen LogP contribution in [0.4, 0.5) is 0 Å². The van der Waals surface area contributed by atoms with Gasteiger partial charge in [0.1, 0.15) is 0 Å². The SMILES string of the molecule is COc1cc(-c2ccc(OC)c(O)c2OC)cc(OC)c1O. The molecule has 0 atom stereocenters. The minimum Gasteiger partial charge on any atom is -0.502 e. The Kier molecular flexibility index (Phi) is 4.50. The Hall–Kier alpha value is -2.76. The van der Waals surface area contributed by atoms with E-state index in [4.69, 9.17) is 18.9 Å². The molecule has 2 aromatic rings. The lowest BCUT2D eigenvalue weighted by Gasteiger charge is -2.15. The molecular weight excluding hydrogens is 288 g/mol. The highest BCUT2D eigenvalue weighted by molar-refractivity contribution is 5.79. The third-order valence-electron chi connectivity index (χ3n) is 3.31. The summed E-state index contributed by atoms with van der Waals surface area (Å²) in [5, 5.41) is 20.1. The summed E-state index contributed by atoms with van der Waals surface area (Å²) in [6, 6.07) is 6.62. The molecule has 0 heterocycles. The highest BCUT2D eigenvalue weighted by Gasteiger charge is 2.19. The van der Waals surface area contributed by atoms with Crippen LogP contribution in [0.15, 0.2) is 24.3 Å². The molecule has 6 heteroatoms. The van der Waals surface area contributed by atoms with E-state index in [2.05, 4.69) is 0 Å². The van der Waals surface area contributed by atoms with Crippen LogP contribution in [0.5, 0.6) is 34.5 Å². The molecule has 0 aliphatic rings. The van der Waals surface area contributed by atoms with Gasteiger partial charge in [-0.15, -0.1) is 0 Å². The monoisotopic (exact) mass is 306 g/mol. The first-order valence-electron chi connectivity index (χ1n) is 6.46. The largest absolute Gasteiger partial charge is 0.502 e. The predicted molar refractivity (Wildman–Crippen MR) is 81.4 cm³/mol. The molecule has 0 saturated carbocycles. The van der Waals surface area contributed by atoms with Gasteiger partial charge in [-0.2, -0.15) is 0 Å². The average Bonchev–Trinajstić information content (AvgIpc) is 2.54. The van der Waals surface area contributed by atoms with Gasteiger partial charge in [0.15, 0.2) is 23.0 Å². The fourth-order valence-corrected chi connectivity index (χ4v) is 2.20. The van der Waals surface area contributed by atoms with Gasteiger partial charge in [0.25, 0.3) is 0 Å². The van der Waals surface area contributed by atoms with Crippen molar-refractivity contribution in [2.75, 3.05) is 28.4 Å². The molecule has 2 rings (SSSR count). The molecule has 6 nitrogen and oxygen atoms in total. The summed E-state index contributed by atoms with van der Waals surface area (Å²) in [6.45, 7) is 0. The van der Waals surface area contributed by atoms with Crippen LogP contribution < -0.4 is 18.9 Å². The predicted octanol–water partition coefficient (Wildman–Crippen LogP) is 2.80. The van der Waals surface area contributed by atoms with Crippen molar-refractivity contribution in [3.05, 3.63) is 24.3 Å². The molecule has 22 heavy (non-hydrogen) atoms. The van der Waals surface area contributed by atoms with Gasteiger partial charge < -0.3 is 29.2 Å². The average molecular weight is 306 g/mol. The molecule has 0 aliphatic carbocycles. The number of ether oxygens (including phenoxy) is 4. The maximum Gasteiger partial charge on any atom is 0.201 e. The van der Waals surface area contributed by atoms with Gasteiger partial charge in [-0.1, -0.05) is 0 Å². The Labute approximate surface area is 128 Å². The second-order valence-corrected chi connectivity index (χ2v) is 4.43. The fraction of sp³-hybridized carbons (Fsp3) is 0.250. The van der Waals surface area contributed by atoms with Crippen molar-refractivity contribution in [1.29, 1.82) is 0 Å². The number of phenols is 2. The van der Waals surface area contributed by atoms with Crippen molar-refractivity contribution in [3.8, 4) is 45.6 Å². The van der Waals surface area contributed by atoms with Crippen LogP contribution in [-0.2, 0) is 0 Å². The highest BCUT2D eigenvalue weighted by Crippen LogP contribution is 2.47. The summed E-state index contributed by atoms with van der Waals surface area (Å²) in [5.74, 6) is 0.879. The van der Waals surface area contributed by atoms with Crippen molar-refractivity contribution >= 4 is 0 Å². The lowest BCUT2D eigenvalue weighted by molar-refractivity contribution is 0.338. The first kappa shape index (κ1) is 15.6. The lowest BCUT2D eigenvalue weighted by Crippen LogP contribution is -1.94. The van der Waals surface area contributed by atoms with E-state index in [0.717, 1.165) is 0 Å². The summed E-state index contributed by atoms with van der Waals surface area (Å²) in [7, 11) is 5.80. The van der Waals surface area contributed by atoms with Crippen molar-refractivity contribution in [3.63, 3.8) is 0 Å². The van der Waals surface area contributed by atoms with Gasteiger partial charge in [-0.25, -0.2) is 0 Å². The van der Waals surface area contributed by atoms with E-state index in [1.54, 1.807) is 24.3 Å². The molecule has 0 radical (unpaired) electrons. The van der Waals surface area contributed by atoms with Gasteiger partial charge >= 0.3 is 0 Å². The number of rotatable bonds is 5. The fourth-order valence-electron chi connectivity index (χ4n) is 2.20. The van der Waals surface area contributed by atoms with Crippen molar-refractivity contribution in [2.24, 2.45) is 0 Å². The molecule has 0 saturated heterocycles. The number of methoxy groups -OCH3 is 4. The van der Waals surface area contributed by atoms with Crippen LogP contribution in [0, 0.1) is 0 Å². The molecule has 0 aromatic heterocycles. The Bertz CT molecular complexity index is 656. The quantitative estimate of drug-likeness (QED) is 0.884. The van der Waals surface area contributed by atoms with Crippen molar-refractivity contribution in [2.45, 2.75) is 0 Å². The third-order valence-corrected chi connectivity index (χ3v) is 3.31. The topological polar surface area (TPSA) is 77.4 Å². The molecule has 0 spiro atoms. The van der Waals surface area contributed by atoms with E-state index in [-0.39, 0.29) is 28.7 Å². The minimum absolute atomic E-state index is 0.0922. The minimum atomic E-state index is -0.103. The van der Waals surface area contributed by atoms with Crippen LogP contribution in [-0.4, -0.2) is 38.7 Å². The van der Waals surface area contributed by atoms with E-state index in [0.29, 0.717) is 16.9 Å². The zero-order chi connectivity index (χ0) is 16.3. The highest BCUT2D eigenvalue weighted by atomic mass is 16.5. The van der Waals surface area contributed by atoms with E-state index >= 15 is 0 Å². The Morgan fingerprint density at radius 1 is 0.682 bits per heavy atom. The van der Waals surface area contributed by atoms with E-state index in [1.807, 2.05) is 0 Å². The summed E-state index contributed by atoms with van der Waals surface area (Å²) in [4.78, 5) is 0. The third kappa shape index (κ3) is 2.55. The number of hydrogen-bond acceptors (Lipinski definition) is 6. The van der Waals surface area contributed by atoms with Crippen molar-refractivity contribution in [1.82, 2.24) is 0 Å². The Morgan fingerprint density at radius 3 is 1.68 bits per heavy atom. The van der Waals surface area contributed by atoms with Gasteiger partial charge in [0.05, 0.1) is 28.4 Å². The molecule has 2 aromatic carbocycles. The van der Waals surface area contributed by atoms with Gasteiger partial charge in [0, 0.05) is 5.56 Å². The van der Waals surface area contributed by atoms with Crippen LogP contribution in [0.3, 0.4) is 0 Å². The van der Waals surface area contributed by atoms with E-state index < -0.39 is 0 Å². The van der Waals surface area contributed by atoms with Crippen LogP contribution >= 0.6 is 0 Å². The molecular formula is C16H18O6. The molecule has 2 N–H and O–H groups in total. The Morgan fingerprint density at radius 2 is 1.23 bits per heavy atom. The molecule has 0 aliphatic heterocycles. The molecule has 0 bridgehead atoms. The summed E-state index contributed by atoms with van der Waals surface area (Å²) >= 11 is 0. The maximum absolute atomic E-state index is 10.2. The first-order valence-corrected chi connectivity index (χ1v) is 6.46. The summed E-state index contributed by atoms with van der Waals surface area (Å²) in [6.07, 6.45) is 0. The molecule has 0 amide bonds. The Balaban J connectivity index is 2.68. The summed E-state index contributed by atoms with van der Waals surface area (Å²) < 4.78 is 20.6. The van der Waals surface area contributed by atoms with Gasteiger partial charge in [-0.3, -0.25) is 0 Å². The molecule has 0 unspecified atom stereocenters. The second-order valence-electron chi connectivity index (χ2n) is 4.43. The normalized spacial score (nSPS) is 10.2. The number of aromatic hydroxyl groups is 2. The van der Waals surface area contributed by atoms with Gasteiger partial charge in [0.2, 0.25) is 11.5 Å². The zero-order valence-corrected chi connectivity index (χ0v) is 12.8. The second kappa shape index (κ2) is 6.34. The number of hydrogen-bond donors (Lipinski definition) is 2. The molecule has 0 fully saturated rings. The van der Waals surface area contributed by atoms with Crippen LogP contribution in [0.2, 0.25) is 0 Å². The maximum atomic E-state index is 10.2.